The van der Waals surface area contributed by atoms with Gasteiger partial charge in [-0.05, 0) is 69.0 Å². The second-order valence-electron chi connectivity index (χ2n) is 5.70. The van der Waals surface area contributed by atoms with E-state index in [1.165, 1.54) is 49.0 Å². The van der Waals surface area contributed by atoms with E-state index in [1.54, 1.807) is 0 Å². The molecule has 3 nitrogen and oxygen atoms in total. The van der Waals surface area contributed by atoms with E-state index in [-0.39, 0.29) is 0 Å². The van der Waals surface area contributed by atoms with Crippen molar-refractivity contribution in [3.63, 3.8) is 0 Å². The van der Waals surface area contributed by atoms with E-state index in [0.717, 1.165) is 17.6 Å². The summed E-state index contributed by atoms with van der Waals surface area (Å²) in [6, 6.07) is 8.91. The Labute approximate surface area is 120 Å². The molecule has 0 radical (unpaired) electrons. The molecule has 0 aliphatic carbocycles. The number of nitrogens with zero attached hydrogens (tertiary/aromatic N) is 2. The summed E-state index contributed by atoms with van der Waals surface area (Å²) in [5.74, 6) is 0. The maximum Gasteiger partial charge on any atom is 0.0706 e. The van der Waals surface area contributed by atoms with Crippen molar-refractivity contribution < 1.29 is 0 Å². The third kappa shape index (κ3) is 2.63. The highest BCUT2D eigenvalue weighted by molar-refractivity contribution is 5.83. The fraction of sp³-hybridized carbons (Fsp3) is 0.471. The Morgan fingerprint density at radius 3 is 2.70 bits per heavy atom. The summed E-state index contributed by atoms with van der Waals surface area (Å²) in [6.07, 6.45) is 4.89. The molecule has 3 rings (SSSR count). The maximum atomic E-state index is 5.68. The zero-order valence-corrected chi connectivity index (χ0v) is 12.2. The van der Waals surface area contributed by atoms with E-state index in [0.29, 0.717) is 6.54 Å². The molecule has 1 aliphatic heterocycles. The molecule has 2 aromatic rings. The summed E-state index contributed by atoms with van der Waals surface area (Å²) in [7, 11) is 0. The molecule has 1 fully saturated rings. The summed E-state index contributed by atoms with van der Waals surface area (Å²) in [5.41, 5.74) is 10.5. The fourth-order valence-corrected chi connectivity index (χ4v) is 3.06. The first-order valence-electron chi connectivity index (χ1n) is 7.63. The first-order chi connectivity index (χ1) is 9.78. The van der Waals surface area contributed by atoms with Crippen molar-refractivity contribution in [3.8, 4) is 0 Å². The third-order valence-electron chi connectivity index (χ3n) is 4.23. The van der Waals surface area contributed by atoms with Gasteiger partial charge in [0.2, 0.25) is 0 Å². The van der Waals surface area contributed by atoms with Crippen LogP contribution in [0.2, 0.25) is 0 Å². The quantitative estimate of drug-likeness (QED) is 0.931. The normalized spacial score (nSPS) is 15.8. The zero-order valence-electron chi connectivity index (χ0n) is 12.2. The smallest absolute Gasteiger partial charge is 0.0706 e. The monoisotopic (exact) mass is 269 g/mol. The van der Waals surface area contributed by atoms with Crippen LogP contribution in [0.25, 0.3) is 10.9 Å². The summed E-state index contributed by atoms with van der Waals surface area (Å²) in [5, 5.41) is 1.24. The highest BCUT2D eigenvalue weighted by Crippen LogP contribution is 2.25. The van der Waals surface area contributed by atoms with Crippen LogP contribution in [0.1, 0.15) is 30.5 Å². The van der Waals surface area contributed by atoms with Gasteiger partial charge < -0.3 is 10.6 Å². The van der Waals surface area contributed by atoms with Crippen LogP contribution in [0.4, 0.5) is 5.69 Å². The summed E-state index contributed by atoms with van der Waals surface area (Å²) in [6.45, 7) is 5.11. The second kappa shape index (κ2) is 5.80. The first-order valence-corrected chi connectivity index (χ1v) is 7.63. The average Bonchev–Trinajstić information content (AvgIpc) is 2.49. The first kappa shape index (κ1) is 13.4. The van der Waals surface area contributed by atoms with Gasteiger partial charge in [-0.3, -0.25) is 4.98 Å². The second-order valence-corrected chi connectivity index (χ2v) is 5.70. The SMILES string of the molecule is Cc1nc2ccc(N3CCCCC3)cc2cc1CCN. The van der Waals surface area contributed by atoms with Crippen LogP contribution < -0.4 is 10.6 Å². The van der Waals surface area contributed by atoms with Crippen molar-refractivity contribution in [1.29, 1.82) is 0 Å². The predicted molar refractivity (Wildman–Crippen MR) is 85.3 cm³/mol. The number of hydrogen-bond donors (Lipinski definition) is 1. The molecular formula is C17H23N3. The minimum atomic E-state index is 0.680. The third-order valence-corrected chi connectivity index (χ3v) is 4.23. The van der Waals surface area contributed by atoms with Gasteiger partial charge in [-0.25, -0.2) is 0 Å². The molecule has 1 aromatic carbocycles. The molecule has 1 saturated heterocycles. The number of aryl methyl sites for hydroxylation is 1. The van der Waals surface area contributed by atoms with Crippen LogP contribution in [0.15, 0.2) is 24.3 Å². The van der Waals surface area contributed by atoms with Gasteiger partial charge in [0.15, 0.2) is 0 Å². The number of hydrogen-bond acceptors (Lipinski definition) is 3. The van der Waals surface area contributed by atoms with Gasteiger partial charge >= 0.3 is 0 Å². The Morgan fingerprint density at radius 1 is 1.15 bits per heavy atom. The van der Waals surface area contributed by atoms with Crippen molar-refractivity contribution in [2.45, 2.75) is 32.6 Å². The fourth-order valence-electron chi connectivity index (χ4n) is 3.06. The van der Waals surface area contributed by atoms with Gasteiger partial charge in [-0.15, -0.1) is 0 Å². The molecule has 20 heavy (non-hydrogen) atoms. The molecule has 0 saturated carbocycles. The lowest BCUT2D eigenvalue weighted by Gasteiger charge is -2.29. The molecule has 0 spiro atoms. The van der Waals surface area contributed by atoms with Crippen molar-refractivity contribution in [2.24, 2.45) is 5.73 Å². The maximum absolute atomic E-state index is 5.68. The Morgan fingerprint density at radius 2 is 1.95 bits per heavy atom. The van der Waals surface area contributed by atoms with E-state index in [1.807, 2.05) is 0 Å². The molecule has 0 bridgehead atoms. The average molecular weight is 269 g/mol. The lowest BCUT2D eigenvalue weighted by molar-refractivity contribution is 0.578. The van der Waals surface area contributed by atoms with Crippen LogP contribution in [0.5, 0.6) is 0 Å². The van der Waals surface area contributed by atoms with Crippen molar-refractivity contribution >= 4 is 16.6 Å². The Hall–Kier alpha value is -1.61. The van der Waals surface area contributed by atoms with Crippen LogP contribution in [0.3, 0.4) is 0 Å². The van der Waals surface area contributed by atoms with Crippen LogP contribution in [-0.2, 0) is 6.42 Å². The number of fused-ring (bicyclic) bond motifs is 1. The number of piperidine rings is 1. The van der Waals surface area contributed by atoms with E-state index in [9.17, 15) is 0 Å². The Kier molecular flexibility index (Phi) is 3.88. The molecule has 1 aromatic heterocycles. The molecule has 1 aliphatic rings. The minimum absolute atomic E-state index is 0.680. The highest BCUT2D eigenvalue weighted by Gasteiger charge is 2.12. The number of anilines is 1. The van der Waals surface area contributed by atoms with E-state index < -0.39 is 0 Å². The standard InChI is InChI=1S/C17H23N3/c1-13-14(7-8-18)11-15-12-16(5-6-17(15)19-13)20-9-3-2-4-10-20/h5-6,11-12H,2-4,7-10,18H2,1H3. The van der Waals surface area contributed by atoms with Gasteiger partial charge in [0.25, 0.3) is 0 Å². The molecular weight excluding hydrogens is 246 g/mol. The lowest BCUT2D eigenvalue weighted by atomic mass is 10.1. The topological polar surface area (TPSA) is 42.2 Å². The van der Waals surface area contributed by atoms with Gasteiger partial charge in [0, 0.05) is 29.9 Å². The largest absolute Gasteiger partial charge is 0.372 e. The van der Waals surface area contributed by atoms with Gasteiger partial charge in [0.05, 0.1) is 5.52 Å². The summed E-state index contributed by atoms with van der Waals surface area (Å²) < 4.78 is 0. The molecule has 3 heteroatoms. The van der Waals surface area contributed by atoms with Crippen molar-refractivity contribution in [1.82, 2.24) is 4.98 Å². The summed E-state index contributed by atoms with van der Waals surface area (Å²) in [4.78, 5) is 7.20. The molecule has 2 heterocycles. The molecule has 0 unspecified atom stereocenters. The zero-order chi connectivity index (χ0) is 13.9. The van der Waals surface area contributed by atoms with Crippen molar-refractivity contribution in [3.05, 3.63) is 35.5 Å². The number of nitrogens with two attached hydrogens (primary N) is 1. The molecule has 2 N–H and O–H groups in total. The highest BCUT2D eigenvalue weighted by atomic mass is 15.1. The van der Waals surface area contributed by atoms with Crippen LogP contribution in [0, 0.1) is 6.92 Å². The van der Waals surface area contributed by atoms with E-state index >= 15 is 0 Å². The molecule has 0 atom stereocenters. The Bertz CT molecular complexity index is 600. The molecule has 0 amide bonds. The number of benzene rings is 1. The van der Waals surface area contributed by atoms with Gasteiger partial charge in [-0.2, -0.15) is 0 Å². The number of aromatic nitrogens is 1. The predicted octanol–water partition coefficient (Wildman–Crippen LogP) is 3.03. The number of rotatable bonds is 3. The van der Waals surface area contributed by atoms with Crippen LogP contribution >= 0.6 is 0 Å². The van der Waals surface area contributed by atoms with E-state index in [4.69, 9.17) is 10.7 Å². The van der Waals surface area contributed by atoms with Crippen LogP contribution in [-0.4, -0.2) is 24.6 Å². The lowest BCUT2D eigenvalue weighted by Crippen LogP contribution is -2.29. The van der Waals surface area contributed by atoms with Gasteiger partial charge in [0.1, 0.15) is 0 Å². The minimum Gasteiger partial charge on any atom is -0.372 e. The summed E-state index contributed by atoms with van der Waals surface area (Å²) >= 11 is 0. The van der Waals surface area contributed by atoms with E-state index in [2.05, 4.69) is 36.1 Å². The van der Waals surface area contributed by atoms with Gasteiger partial charge in [-0.1, -0.05) is 0 Å². The van der Waals surface area contributed by atoms with Crippen molar-refractivity contribution in [2.75, 3.05) is 24.5 Å². The molecule has 106 valence electrons. The Balaban J connectivity index is 1.98. The number of pyridine rings is 1.